The molecule has 2 aromatic rings. The quantitative estimate of drug-likeness (QED) is 0.224. The Labute approximate surface area is 286 Å². The highest BCUT2D eigenvalue weighted by atomic mass is 35.5. The number of esters is 1. The van der Waals surface area contributed by atoms with Crippen LogP contribution in [0.5, 0.6) is 5.75 Å². The van der Waals surface area contributed by atoms with Crippen LogP contribution in [-0.2, 0) is 30.3 Å². The number of aliphatic hydroxyl groups is 1. The molecular weight excluding hydrogens is 645 g/mol. The number of alkyl halides is 1. The maximum atomic E-state index is 13.5. The maximum absolute atomic E-state index is 13.5. The van der Waals surface area contributed by atoms with Gasteiger partial charge >= 0.3 is 5.97 Å². The molecular formula is C35H45Cl2N3O7. The average Bonchev–Trinajstić information content (AvgIpc) is 3.04. The van der Waals surface area contributed by atoms with Crippen LogP contribution in [-0.4, -0.2) is 66.7 Å². The summed E-state index contributed by atoms with van der Waals surface area (Å²) < 4.78 is 11.2. The standard InChI is InChI=1S/C35H45Cl2N3O7/c1-20(2)16-27-35(45)47-28(22(4)32(42)31(37)24-10-7-6-8-11-24)12-9-13-30(41)39-26(34(44)38-19-21(3)33(43)40-27)18-23-14-15-29(46-5)25(36)17-23/h6-11,13-15,17,20-22,26-28,31-32,42H,12,16,18-19H2,1-5H3,(H,38,44)(H,39,41)(H,40,43)/b13-9+/t21-,22+,26?,27+,28+,31+,32-/m1/s1. The van der Waals surface area contributed by atoms with Crippen molar-refractivity contribution in [1.82, 2.24) is 16.0 Å². The molecule has 4 N–H and O–H groups in total. The van der Waals surface area contributed by atoms with Crippen LogP contribution in [0.3, 0.4) is 0 Å². The van der Waals surface area contributed by atoms with E-state index in [2.05, 4.69) is 16.0 Å². The lowest BCUT2D eigenvalue weighted by atomic mass is 9.90. The molecule has 47 heavy (non-hydrogen) atoms. The van der Waals surface area contributed by atoms with Crippen LogP contribution in [0.4, 0.5) is 0 Å². The summed E-state index contributed by atoms with van der Waals surface area (Å²) in [6.07, 6.45) is 1.24. The van der Waals surface area contributed by atoms with E-state index in [1.54, 1.807) is 44.2 Å². The van der Waals surface area contributed by atoms with Crippen LogP contribution < -0.4 is 20.7 Å². The van der Waals surface area contributed by atoms with Gasteiger partial charge in [0.15, 0.2) is 0 Å². The van der Waals surface area contributed by atoms with Gasteiger partial charge in [-0.3, -0.25) is 14.4 Å². The minimum atomic E-state index is -1.12. The normalized spacial score (nSPS) is 24.3. The number of rotatable bonds is 9. The highest BCUT2D eigenvalue weighted by molar-refractivity contribution is 6.32. The van der Waals surface area contributed by atoms with Crippen LogP contribution in [0.2, 0.25) is 5.02 Å². The van der Waals surface area contributed by atoms with E-state index in [1.165, 1.54) is 19.3 Å². The second-order valence-corrected chi connectivity index (χ2v) is 13.2. The molecule has 0 spiro atoms. The van der Waals surface area contributed by atoms with Gasteiger partial charge in [0.05, 0.1) is 29.5 Å². The first-order chi connectivity index (χ1) is 22.3. The third-order valence-corrected chi connectivity index (χ3v) is 8.88. The van der Waals surface area contributed by atoms with Gasteiger partial charge < -0.3 is 30.5 Å². The molecule has 3 rings (SSSR count). The topological polar surface area (TPSA) is 143 Å². The monoisotopic (exact) mass is 689 g/mol. The molecule has 256 valence electrons. The predicted octanol–water partition coefficient (Wildman–Crippen LogP) is 4.51. The van der Waals surface area contributed by atoms with Gasteiger partial charge in [0.2, 0.25) is 17.7 Å². The number of cyclic esters (lactones) is 1. The van der Waals surface area contributed by atoms with Gasteiger partial charge in [-0.15, -0.1) is 11.6 Å². The predicted molar refractivity (Wildman–Crippen MR) is 181 cm³/mol. The highest BCUT2D eigenvalue weighted by Crippen LogP contribution is 2.32. The van der Waals surface area contributed by atoms with Crippen molar-refractivity contribution in [3.05, 3.63) is 76.8 Å². The molecule has 0 bridgehead atoms. The molecule has 0 aromatic heterocycles. The number of halogens is 2. The molecule has 7 atom stereocenters. The zero-order valence-electron chi connectivity index (χ0n) is 27.4. The number of hydrogen-bond donors (Lipinski definition) is 4. The summed E-state index contributed by atoms with van der Waals surface area (Å²) in [4.78, 5) is 53.1. The molecule has 1 heterocycles. The molecule has 0 radical (unpaired) electrons. The second-order valence-electron chi connectivity index (χ2n) is 12.3. The van der Waals surface area contributed by atoms with Gasteiger partial charge in [0, 0.05) is 25.3 Å². The number of aliphatic hydroxyl groups excluding tert-OH is 1. The first kappa shape index (κ1) is 37.9. The van der Waals surface area contributed by atoms with E-state index >= 15 is 0 Å². The lowest BCUT2D eigenvalue weighted by molar-refractivity contribution is -0.158. The number of carbonyl (C=O) groups excluding carboxylic acids is 4. The number of carbonyl (C=O) groups is 4. The third kappa shape index (κ3) is 11.3. The molecule has 0 saturated heterocycles. The van der Waals surface area contributed by atoms with Crippen LogP contribution in [0, 0.1) is 17.8 Å². The molecule has 10 nitrogen and oxygen atoms in total. The van der Waals surface area contributed by atoms with E-state index in [1.807, 2.05) is 32.0 Å². The lowest BCUT2D eigenvalue weighted by Crippen LogP contribution is -2.51. The molecule has 0 saturated carbocycles. The van der Waals surface area contributed by atoms with Crippen LogP contribution in [0.15, 0.2) is 60.7 Å². The summed E-state index contributed by atoms with van der Waals surface area (Å²) in [7, 11) is 1.50. The number of amides is 3. The summed E-state index contributed by atoms with van der Waals surface area (Å²) >= 11 is 12.9. The number of nitrogens with one attached hydrogen (secondary N) is 3. The summed E-state index contributed by atoms with van der Waals surface area (Å²) in [6.45, 7) is 7.14. The Balaban J connectivity index is 1.92. The molecule has 2 aromatic carbocycles. The van der Waals surface area contributed by atoms with E-state index in [0.29, 0.717) is 28.3 Å². The average molecular weight is 691 g/mol. The zero-order chi connectivity index (χ0) is 34.7. The van der Waals surface area contributed by atoms with Crippen molar-refractivity contribution in [1.29, 1.82) is 0 Å². The minimum absolute atomic E-state index is 0.0380. The van der Waals surface area contributed by atoms with Crippen molar-refractivity contribution >= 4 is 46.9 Å². The van der Waals surface area contributed by atoms with E-state index in [0.717, 1.165) is 0 Å². The molecule has 1 aliphatic heterocycles. The van der Waals surface area contributed by atoms with Crippen LogP contribution >= 0.6 is 23.2 Å². The van der Waals surface area contributed by atoms with Crippen molar-refractivity contribution in [2.24, 2.45) is 17.8 Å². The second kappa shape index (κ2) is 18.1. The third-order valence-electron chi connectivity index (χ3n) is 8.08. The summed E-state index contributed by atoms with van der Waals surface area (Å²) in [6, 6.07) is 12.2. The summed E-state index contributed by atoms with van der Waals surface area (Å²) in [5, 5.41) is 19.1. The maximum Gasteiger partial charge on any atom is 0.328 e. The Bertz CT molecular complexity index is 1400. The van der Waals surface area contributed by atoms with Crippen molar-refractivity contribution in [2.75, 3.05) is 13.7 Å². The van der Waals surface area contributed by atoms with Crippen LogP contribution in [0.1, 0.15) is 57.0 Å². The molecule has 0 aliphatic carbocycles. The smallest absolute Gasteiger partial charge is 0.328 e. The van der Waals surface area contributed by atoms with Gasteiger partial charge in [-0.1, -0.05) is 81.8 Å². The van der Waals surface area contributed by atoms with Crippen molar-refractivity contribution in [2.45, 2.75) is 76.6 Å². The molecule has 12 heteroatoms. The Kier molecular flexibility index (Phi) is 14.6. The molecule has 1 unspecified atom stereocenters. The Morgan fingerprint density at radius 3 is 2.34 bits per heavy atom. The highest BCUT2D eigenvalue weighted by Gasteiger charge is 2.35. The first-order valence-corrected chi connectivity index (χ1v) is 16.6. The number of methoxy groups -OCH3 is 1. The fourth-order valence-electron chi connectivity index (χ4n) is 5.20. The number of hydrogen-bond acceptors (Lipinski definition) is 7. The summed E-state index contributed by atoms with van der Waals surface area (Å²) in [5.41, 5.74) is 1.38. The van der Waals surface area contributed by atoms with Gasteiger partial charge in [0.25, 0.3) is 0 Å². The van der Waals surface area contributed by atoms with Crippen LogP contribution in [0.25, 0.3) is 0 Å². The summed E-state index contributed by atoms with van der Waals surface area (Å²) in [5.74, 6) is -3.03. The van der Waals surface area contributed by atoms with E-state index in [-0.39, 0.29) is 25.3 Å². The molecule has 0 fully saturated rings. The van der Waals surface area contributed by atoms with Gasteiger partial charge in [0.1, 0.15) is 23.9 Å². The van der Waals surface area contributed by atoms with Crippen molar-refractivity contribution in [3.63, 3.8) is 0 Å². The Hall–Kier alpha value is -3.60. The van der Waals surface area contributed by atoms with Crippen molar-refractivity contribution in [3.8, 4) is 5.75 Å². The minimum Gasteiger partial charge on any atom is -0.495 e. The largest absolute Gasteiger partial charge is 0.495 e. The first-order valence-electron chi connectivity index (χ1n) is 15.8. The number of benzene rings is 2. The van der Waals surface area contributed by atoms with Gasteiger partial charge in [-0.05, 0) is 41.7 Å². The Morgan fingerprint density at radius 2 is 1.70 bits per heavy atom. The Morgan fingerprint density at radius 1 is 1.00 bits per heavy atom. The van der Waals surface area contributed by atoms with Crippen molar-refractivity contribution < 1.29 is 33.8 Å². The molecule has 1 aliphatic rings. The molecule has 3 amide bonds. The van der Waals surface area contributed by atoms with E-state index in [4.69, 9.17) is 32.7 Å². The van der Waals surface area contributed by atoms with E-state index < -0.39 is 65.2 Å². The lowest BCUT2D eigenvalue weighted by Gasteiger charge is -2.31. The number of ether oxygens (including phenoxy) is 2. The van der Waals surface area contributed by atoms with E-state index in [9.17, 15) is 24.3 Å². The van der Waals surface area contributed by atoms with Gasteiger partial charge in [-0.25, -0.2) is 4.79 Å². The fraction of sp³-hybridized carbons (Fsp3) is 0.486. The SMILES string of the molecule is COc1ccc(CC2NC(=O)/C=C/C[C@@H]([C@H](C)[C@@H](O)[C@@H](Cl)c3ccccc3)OC(=O)[C@H](CC(C)C)NC(=O)[C@H](C)CNC2=O)cc1Cl. The zero-order valence-corrected chi connectivity index (χ0v) is 28.9. The van der Waals surface area contributed by atoms with Gasteiger partial charge in [-0.2, -0.15) is 0 Å². The fourth-order valence-corrected chi connectivity index (χ4v) is 5.86.